The van der Waals surface area contributed by atoms with Crippen molar-refractivity contribution in [2.24, 2.45) is 0 Å². The van der Waals surface area contributed by atoms with Crippen LogP contribution in [0.1, 0.15) is 20.9 Å². The molecular formula is C20H15Cl2N3OS. The molecule has 0 aliphatic heterocycles. The zero-order valence-electron chi connectivity index (χ0n) is 14.4. The third kappa shape index (κ3) is 3.72. The van der Waals surface area contributed by atoms with Gasteiger partial charge in [0.15, 0.2) is 0 Å². The van der Waals surface area contributed by atoms with Gasteiger partial charge in [0.25, 0.3) is 5.91 Å². The van der Waals surface area contributed by atoms with Crippen LogP contribution in [0.4, 0.5) is 5.69 Å². The lowest BCUT2D eigenvalue weighted by Gasteiger charge is -2.05. The summed E-state index contributed by atoms with van der Waals surface area (Å²) in [5.41, 5.74) is 2.58. The second-order valence-electron chi connectivity index (χ2n) is 6.12. The fourth-order valence-electron chi connectivity index (χ4n) is 2.85. The number of halogens is 2. The first-order chi connectivity index (χ1) is 13.0. The van der Waals surface area contributed by atoms with Crippen molar-refractivity contribution in [1.82, 2.24) is 9.78 Å². The van der Waals surface area contributed by atoms with E-state index < -0.39 is 0 Å². The second-order valence-corrected chi connectivity index (χ2v) is 8.00. The Morgan fingerprint density at radius 2 is 1.89 bits per heavy atom. The van der Waals surface area contributed by atoms with E-state index in [-0.39, 0.29) is 5.91 Å². The number of aromatic nitrogens is 2. The largest absolute Gasteiger partial charge is 0.321 e. The third-order valence-electron chi connectivity index (χ3n) is 4.21. The van der Waals surface area contributed by atoms with Gasteiger partial charge in [-0.25, -0.2) is 0 Å². The molecule has 136 valence electrons. The van der Waals surface area contributed by atoms with Crippen molar-refractivity contribution in [3.63, 3.8) is 0 Å². The number of fused-ring (bicyclic) bond motifs is 1. The molecule has 0 saturated heterocycles. The maximum absolute atomic E-state index is 12.6. The molecule has 0 saturated carbocycles. The quantitative estimate of drug-likeness (QED) is 0.443. The Labute approximate surface area is 170 Å². The number of carbonyl (C=O) groups excluding carboxylic acids is 1. The molecule has 0 radical (unpaired) electrons. The minimum absolute atomic E-state index is 0.151. The van der Waals surface area contributed by atoms with Crippen LogP contribution in [-0.2, 0) is 6.54 Å². The van der Waals surface area contributed by atoms with Gasteiger partial charge in [0.1, 0.15) is 4.83 Å². The predicted octanol–water partition coefficient (Wildman–Crippen LogP) is 6.01. The lowest BCUT2D eigenvalue weighted by atomic mass is 10.2. The van der Waals surface area contributed by atoms with Crippen molar-refractivity contribution < 1.29 is 4.79 Å². The average molecular weight is 416 g/mol. The van der Waals surface area contributed by atoms with Gasteiger partial charge < -0.3 is 5.32 Å². The smallest absolute Gasteiger partial charge is 0.265 e. The van der Waals surface area contributed by atoms with Gasteiger partial charge in [0.05, 0.1) is 17.1 Å². The van der Waals surface area contributed by atoms with E-state index in [9.17, 15) is 4.79 Å². The number of hydrogen-bond acceptors (Lipinski definition) is 3. The average Bonchev–Trinajstić information content (AvgIpc) is 3.21. The monoisotopic (exact) mass is 415 g/mol. The van der Waals surface area contributed by atoms with Crippen molar-refractivity contribution in [2.75, 3.05) is 5.32 Å². The van der Waals surface area contributed by atoms with Crippen LogP contribution in [0.5, 0.6) is 0 Å². The molecule has 27 heavy (non-hydrogen) atoms. The number of anilines is 1. The first-order valence-electron chi connectivity index (χ1n) is 8.28. The highest BCUT2D eigenvalue weighted by molar-refractivity contribution is 7.20. The Morgan fingerprint density at radius 1 is 1.15 bits per heavy atom. The van der Waals surface area contributed by atoms with E-state index in [2.05, 4.69) is 10.4 Å². The summed E-state index contributed by atoms with van der Waals surface area (Å²) in [6.45, 7) is 2.50. The highest BCUT2D eigenvalue weighted by Crippen LogP contribution is 2.30. The van der Waals surface area contributed by atoms with E-state index in [0.717, 1.165) is 21.5 Å². The van der Waals surface area contributed by atoms with Gasteiger partial charge in [0.2, 0.25) is 0 Å². The maximum Gasteiger partial charge on any atom is 0.265 e. The SMILES string of the molecule is Cc1nn(Cc2ccccc2Cl)c2sc(C(=O)Nc3ccc(Cl)cc3)cc12. The number of hydrogen-bond donors (Lipinski definition) is 1. The predicted molar refractivity (Wildman–Crippen MR) is 112 cm³/mol. The molecule has 0 aliphatic rings. The number of nitrogens with one attached hydrogen (secondary N) is 1. The van der Waals surface area contributed by atoms with Crippen molar-refractivity contribution in [3.05, 3.63) is 80.8 Å². The van der Waals surface area contributed by atoms with Crippen LogP contribution in [0.2, 0.25) is 10.0 Å². The van der Waals surface area contributed by atoms with Crippen LogP contribution in [0.25, 0.3) is 10.2 Å². The van der Waals surface area contributed by atoms with Crippen molar-refractivity contribution >= 4 is 56.3 Å². The number of benzene rings is 2. The molecule has 4 rings (SSSR count). The van der Waals surface area contributed by atoms with Gasteiger partial charge in [-0.1, -0.05) is 41.4 Å². The summed E-state index contributed by atoms with van der Waals surface area (Å²) >= 11 is 13.6. The summed E-state index contributed by atoms with van der Waals surface area (Å²) in [6.07, 6.45) is 0. The Balaban J connectivity index is 1.63. The van der Waals surface area contributed by atoms with E-state index in [1.54, 1.807) is 24.3 Å². The molecule has 1 amide bonds. The molecule has 0 aliphatic carbocycles. The topological polar surface area (TPSA) is 46.9 Å². The summed E-state index contributed by atoms with van der Waals surface area (Å²) in [5.74, 6) is -0.151. The Bertz CT molecular complexity index is 1130. The Kier molecular flexibility index (Phi) is 4.91. The number of amides is 1. The van der Waals surface area contributed by atoms with Crippen LogP contribution >= 0.6 is 34.5 Å². The molecule has 4 aromatic rings. The van der Waals surface area contributed by atoms with E-state index in [0.29, 0.717) is 27.2 Å². The normalized spacial score (nSPS) is 11.1. The van der Waals surface area contributed by atoms with Gasteiger partial charge in [-0.05, 0) is 48.9 Å². The molecule has 0 unspecified atom stereocenters. The molecule has 4 nitrogen and oxygen atoms in total. The van der Waals surface area contributed by atoms with Crippen LogP contribution in [0.15, 0.2) is 54.6 Å². The van der Waals surface area contributed by atoms with Crippen LogP contribution in [0, 0.1) is 6.92 Å². The standard InChI is InChI=1S/C20H15Cl2N3OS/c1-12-16-10-18(19(26)23-15-8-6-14(21)7-9-15)27-20(16)25(24-12)11-13-4-2-3-5-17(13)22/h2-10H,11H2,1H3,(H,23,26). The van der Waals surface area contributed by atoms with Gasteiger partial charge in [-0.2, -0.15) is 5.10 Å². The van der Waals surface area contributed by atoms with Crippen LogP contribution in [-0.4, -0.2) is 15.7 Å². The molecule has 0 atom stereocenters. The Morgan fingerprint density at radius 3 is 2.63 bits per heavy atom. The fraction of sp³-hybridized carbons (Fsp3) is 0.100. The fourth-order valence-corrected chi connectivity index (χ4v) is 4.22. The Hall–Kier alpha value is -2.34. The third-order valence-corrected chi connectivity index (χ3v) is 5.98. The van der Waals surface area contributed by atoms with Gasteiger partial charge in [-0.15, -0.1) is 11.3 Å². The minimum atomic E-state index is -0.151. The highest BCUT2D eigenvalue weighted by Gasteiger charge is 2.17. The molecule has 2 aromatic carbocycles. The highest BCUT2D eigenvalue weighted by atomic mass is 35.5. The van der Waals surface area contributed by atoms with E-state index in [1.807, 2.05) is 41.9 Å². The lowest BCUT2D eigenvalue weighted by molar-refractivity contribution is 0.103. The maximum atomic E-state index is 12.6. The van der Waals surface area contributed by atoms with Crippen molar-refractivity contribution in [1.29, 1.82) is 0 Å². The number of rotatable bonds is 4. The molecule has 0 spiro atoms. The van der Waals surface area contributed by atoms with E-state index in [4.69, 9.17) is 23.2 Å². The van der Waals surface area contributed by atoms with Crippen molar-refractivity contribution in [3.8, 4) is 0 Å². The number of thiophene rings is 1. The molecule has 0 fully saturated rings. The molecule has 7 heteroatoms. The molecular weight excluding hydrogens is 401 g/mol. The van der Waals surface area contributed by atoms with Gasteiger partial charge in [0, 0.05) is 21.1 Å². The van der Waals surface area contributed by atoms with E-state index >= 15 is 0 Å². The van der Waals surface area contributed by atoms with Crippen LogP contribution in [0.3, 0.4) is 0 Å². The summed E-state index contributed by atoms with van der Waals surface area (Å²) < 4.78 is 1.90. The summed E-state index contributed by atoms with van der Waals surface area (Å²) in [5, 5.41) is 9.81. The van der Waals surface area contributed by atoms with Crippen LogP contribution < -0.4 is 5.32 Å². The zero-order chi connectivity index (χ0) is 19.0. The molecule has 0 bridgehead atoms. The number of nitrogens with zero attached hydrogens (tertiary/aromatic N) is 2. The van der Waals surface area contributed by atoms with E-state index in [1.165, 1.54) is 11.3 Å². The van der Waals surface area contributed by atoms with Crippen molar-refractivity contribution in [2.45, 2.75) is 13.5 Å². The summed E-state index contributed by atoms with van der Waals surface area (Å²) in [4.78, 5) is 14.2. The zero-order valence-corrected chi connectivity index (χ0v) is 16.7. The summed E-state index contributed by atoms with van der Waals surface area (Å²) in [6, 6.07) is 16.6. The number of aryl methyl sites for hydroxylation is 1. The first kappa shape index (κ1) is 18.0. The summed E-state index contributed by atoms with van der Waals surface area (Å²) in [7, 11) is 0. The minimum Gasteiger partial charge on any atom is -0.321 e. The van der Waals surface area contributed by atoms with Gasteiger partial charge >= 0.3 is 0 Å². The second kappa shape index (κ2) is 7.35. The number of carbonyl (C=O) groups is 1. The lowest BCUT2D eigenvalue weighted by Crippen LogP contribution is -2.10. The first-order valence-corrected chi connectivity index (χ1v) is 9.86. The molecule has 1 N–H and O–H groups in total. The molecule has 2 heterocycles. The van der Waals surface area contributed by atoms with Gasteiger partial charge in [-0.3, -0.25) is 9.48 Å². The molecule has 2 aromatic heterocycles.